The zero-order chi connectivity index (χ0) is 11.8. The van der Waals surface area contributed by atoms with Crippen molar-refractivity contribution in [1.82, 2.24) is 5.16 Å². The third-order valence-corrected chi connectivity index (χ3v) is 4.61. The molecule has 0 bridgehead atoms. The summed E-state index contributed by atoms with van der Waals surface area (Å²) in [5, 5.41) is 6.27. The monoisotopic (exact) mass is 248 g/mol. The normalized spacial score (nSPS) is 24.3. The molecule has 1 saturated carbocycles. The SMILES string of the molecule is CC1CCCC1c1noc(N)c1-c1cccs1. The third kappa shape index (κ3) is 1.76. The zero-order valence-electron chi connectivity index (χ0n) is 9.85. The van der Waals surface area contributed by atoms with Crippen LogP contribution in [0.1, 0.15) is 37.8 Å². The zero-order valence-corrected chi connectivity index (χ0v) is 10.7. The van der Waals surface area contributed by atoms with E-state index in [1.54, 1.807) is 11.3 Å². The number of nitrogens with two attached hydrogens (primary N) is 1. The summed E-state index contributed by atoms with van der Waals surface area (Å²) < 4.78 is 5.21. The van der Waals surface area contributed by atoms with Gasteiger partial charge in [-0.15, -0.1) is 11.3 Å². The van der Waals surface area contributed by atoms with Gasteiger partial charge in [0.25, 0.3) is 0 Å². The number of thiophene rings is 1. The van der Waals surface area contributed by atoms with Crippen molar-refractivity contribution in [2.75, 3.05) is 5.73 Å². The Bertz CT molecular complexity index is 503. The maximum Gasteiger partial charge on any atom is 0.231 e. The lowest BCUT2D eigenvalue weighted by Crippen LogP contribution is -2.03. The van der Waals surface area contributed by atoms with Crippen LogP contribution in [0.15, 0.2) is 22.0 Å². The van der Waals surface area contributed by atoms with Gasteiger partial charge in [-0.2, -0.15) is 0 Å². The minimum atomic E-state index is 0.460. The highest BCUT2D eigenvalue weighted by Gasteiger charge is 2.31. The molecule has 2 aromatic rings. The molecule has 0 amide bonds. The summed E-state index contributed by atoms with van der Waals surface area (Å²) in [7, 11) is 0. The van der Waals surface area contributed by atoms with Gasteiger partial charge in [0.15, 0.2) is 0 Å². The fraction of sp³-hybridized carbons (Fsp3) is 0.462. The average molecular weight is 248 g/mol. The standard InChI is InChI=1S/C13H16N2OS/c1-8-4-2-5-9(8)12-11(13(14)16-15-12)10-6-3-7-17-10/h3,6-9H,2,4-5,14H2,1H3. The van der Waals surface area contributed by atoms with E-state index in [1.165, 1.54) is 19.3 Å². The van der Waals surface area contributed by atoms with E-state index in [-0.39, 0.29) is 0 Å². The number of nitrogen functional groups attached to an aromatic ring is 1. The Balaban J connectivity index is 2.06. The van der Waals surface area contributed by atoms with E-state index in [1.807, 2.05) is 6.07 Å². The molecule has 17 heavy (non-hydrogen) atoms. The van der Waals surface area contributed by atoms with E-state index < -0.39 is 0 Å². The van der Waals surface area contributed by atoms with Crippen LogP contribution >= 0.6 is 11.3 Å². The summed E-state index contributed by atoms with van der Waals surface area (Å²) in [6.07, 6.45) is 3.76. The minimum absolute atomic E-state index is 0.460. The summed E-state index contributed by atoms with van der Waals surface area (Å²) >= 11 is 1.69. The smallest absolute Gasteiger partial charge is 0.231 e. The van der Waals surface area contributed by atoms with E-state index in [0.29, 0.717) is 17.7 Å². The van der Waals surface area contributed by atoms with E-state index in [4.69, 9.17) is 10.3 Å². The van der Waals surface area contributed by atoms with Gasteiger partial charge in [0, 0.05) is 10.8 Å². The van der Waals surface area contributed by atoms with Crippen molar-refractivity contribution in [3.63, 3.8) is 0 Å². The predicted molar refractivity (Wildman–Crippen MR) is 70.0 cm³/mol. The Labute approximate surface area is 105 Å². The number of rotatable bonds is 2. The van der Waals surface area contributed by atoms with Crippen LogP contribution in [0.25, 0.3) is 10.4 Å². The van der Waals surface area contributed by atoms with Gasteiger partial charge in [0.1, 0.15) is 0 Å². The third-order valence-electron chi connectivity index (χ3n) is 3.73. The molecular formula is C13H16N2OS. The molecule has 0 radical (unpaired) electrons. The second-order valence-electron chi connectivity index (χ2n) is 4.80. The largest absolute Gasteiger partial charge is 0.367 e. The molecular weight excluding hydrogens is 232 g/mol. The molecule has 0 spiro atoms. The van der Waals surface area contributed by atoms with Gasteiger partial charge in [-0.1, -0.05) is 31.0 Å². The highest BCUT2D eigenvalue weighted by molar-refractivity contribution is 7.13. The van der Waals surface area contributed by atoms with E-state index >= 15 is 0 Å². The quantitative estimate of drug-likeness (QED) is 0.877. The highest BCUT2D eigenvalue weighted by atomic mass is 32.1. The molecule has 2 heterocycles. The predicted octanol–water partition coefficient (Wildman–Crippen LogP) is 3.89. The average Bonchev–Trinajstić information content (AvgIpc) is 2.98. The second-order valence-corrected chi connectivity index (χ2v) is 5.75. The molecule has 0 saturated heterocycles. The van der Waals surface area contributed by atoms with Crippen LogP contribution in [0.5, 0.6) is 0 Å². The van der Waals surface area contributed by atoms with Crippen molar-refractivity contribution >= 4 is 17.2 Å². The van der Waals surface area contributed by atoms with Gasteiger partial charge < -0.3 is 10.3 Å². The summed E-state index contributed by atoms with van der Waals surface area (Å²) in [5.74, 6) is 1.65. The molecule has 2 N–H and O–H groups in total. The van der Waals surface area contributed by atoms with E-state index in [2.05, 4.69) is 23.5 Å². The van der Waals surface area contributed by atoms with Gasteiger partial charge in [0.05, 0.1) is 11.3 Å². The first-order valence-electron chi connectivity index (χ1n) is 6.06. The van der Waals surface area contributed by atoms with E-state index in [9.17, 15) is 0 Å². The topological polar surface area (TPSA) is 52.0 Å². The van der Waals surface area contributed by atoms with Crippen molar-refractivity contribution in [2.24, 2.45) is 5.92 Å². The van der Waals surface area contributed by atoms with Crippen LogP contribution < -0.4 is 5.73 Å². The Hall–Kier alpha value is -1.29. The number of nitrogens with zero attached hydrogens (tertiary/aromatic N) is 1. The Morgan fingerprint density at radius 1 is 1.47 bits per heavy atom. The van der Waals surface area contributed by atoms with Crippen molar-refractivity contribution in [3.8, 4) is 10.4 Å². The lowest BCUT2D eigenvalue weighted by atomic mass is 9.92. The first kappa shape index (κ1) is 10.8. The van der Waals surface area contributed by atoms with Crippen LogP contribution in [-0.4, -0.2) is 5.16 Å². The van der Waals surface area contributed by atoms with Gasteiger partial charge in [-0.3, -0.25) is 0 Å². The summed E-state index contributed by atoms with van der Waals surface area (Å²) in [6, 6.07) is 4.12. The molecule has 1 aliphatic rings. The highest BCUT2D eigenvalue weighted by Crippen LogP contribution is 2.45. The second kappa shape index (κ2) is 4.18. The molecule has 2 unspecified atom stereocenters. The van der Waals surface area contributed by atoms with E-state index in [0.717, 1.165) is 16.1 Å². The fourth-order valence-corrected chi connectivity index (χ4v) is 3.57. The van der Waals surface area contributed by atoms with Gasteiger partial charge in [-0.25, -0.2) is 0 Å². The lowest BCUT2D eigenvalue weighted by molar-refractivity contribution is 0.407. The van der Waals surface area contributed by atoms with Crippen molar-refractivity contribution < 1.29 is 4.52 Å². The first-order valence-corrected chi connectivity index (χ1v) is 6.94. The van der Waals surface area contributed by atoms with Gasteiger partial charge in [0.2, 0.25) is 5.88 Å². The number of anilines is 1. The minimum Gasteiger partial charge on any atom is -0.367 e. The molecule has 3 nitrogen and oxygen atoms in total. The molecule has 1 aliphatic carbocycles. The summed E-state index contributed by atoms with van der Waals surface area (Å²) in [4.78, 5) is 1.16. The van der Waals surface area contributed by atoms with Crippen LogP contribution in [0.4, 0.5) is 5.88 Å². The maximum atomic E-state index is 5.92. The van der Waals surface area contributed by atoms with Crippen LogP contribution in [0, 0.1) is 5.92 Å². The first-order chi connectivity index (χ1) is 8.27. The molecule has 2 atom stereocenters. The molecule has 90 valence electrons. The Kier molecular flexibility index (Phi) is 2.67. The van der Waals surface area contributed by atoms with Crippen LogP contribution in [-0.2, 0) is 0 Å². The van der Waals surface area contributed by atoms with Crippen LogP contribution in [0.2, 0.25) is 0 Å². The Morgan fingerprint density at radius 2 is 2.35 bits per heavy atom. The fourth-order valence-electron chi connectivity index (χ4n) is 2.79. The molecule has 2 aromatic heterocycles. The van der Waals surface area contributed by atoms with Gasteiger partial charge in [-0.05, 0) is 23.8 Å². The maximum absolute atomic E-state index is 5.92. The summed E-state index contributed by atoms with van der Waals surface area (Å²) in [6.45, 7) is 2.29. The lowest BCUT2D eigenvalue weighted by Gasteiger charge is -2.13. The molecule has 4 heteroatoms. The molecule has 3 rings (SSSR count). The number of hydrogen-bond acceptors (Lipinski definition) is 4. The van der Waals surface area contributed by atoms with Crippen molar-refractivity contribution in [2.45, 2.75) is 32.1 Å². The molecule has 0 aromatic carbocycles. The van der Waals surface area contributed by atoms with Crippen molar-refractivity contribution in [3.05, 3.63) is 23.2 Å². The molecule has 0 aliphatic heterocycles. The number of hydrogen-bond donors (Lipinski definition) is 1. The van der Waals surface area contributed by atoms with Crippen LogP contribution in [0.3, 0.4) is 0 Å². The number of aromatic nitrogens is 1. The van der Waals surface area contributed by atoms with Gasteiger partial charge >= 0.3 is 0 Å². The summed E-state index contributed by atoms with van der Waals surface area (Å²) in [5.41, 5.74) is 8.01. The van der Waals surface area contributed by atoms with Crippen molar-refractivity contribution in [1.29, 1.82) is 0 Å². The molecule has 1 fully saturated rings. The Morgan fingerprint density at radius 3 is 3.00 bits per heavy atom.